The lowest BCUT2D eigenvalue weighted by molar-refractivity contribution is 0.405. The summed E-state index contributed by atoms with van der Waals surface area (Å²) in [6.07, 6.45) is 6.17. The number of allylic oxidation sites excluding steroid dienone is 1. The molecular formula is C15H18N2O. The van der Waals surface area contributed by atoms with Crippen LogP contribution in [0.25, 0.3) is 5.70 Å². The molecule has 1 saturated carbocycles. The topological polar surface area (TPSA) is 58.6 Å². The van der Waals surface area contributed by atoms with Gasteiger partial charge in [0.2, 0.25) is 0 Å². The second kappa shape index (κ2) is 3.95. The Labute approximate surface area is 107 Å². The summed E-state index contributed by atoms with van der Waals surface area (Å²) in [5.74, 6) is 0.844. The highest BCUT2D eigenvalue weighted by Gasteiger charge is 2.47. The van der Waals surface area contributed by atoms with Gasteiger partial charge in [-0.05, 0) is 30.9 Å². The van der Waals surface area contributed by atoms with Gasteiger partial charge in [-0.1, -0.05) is 25.1 Å². The maximum Gasteiger partial charge on any atom is 0.124 e. The van der Waals surface area contributed by atoms with Gasteiger partial charge in [-0.15, -0.1) is 0 Å². The predicted octanol–water partition coefficient (Wildman–Crippen LogP) is 2.56. The summed E-state index contributed by atoms with van der Waals surface area (Å²) in [4.78, 5) is 4.53. The molecule has 1 aromatic rings. The molecule has 0 amide bonds. The Morgan fingerprint density at radius 2 is 2.11 bits per heavy atom. The highest BCUT2D eigenvalue weighted by Crippen LogP contribution is 2.48. The van der Waals surface area contributed by atoms with Crippen molar-refractivity contribution in [2.24, 2.45) is 22.1 Å². The Kier molecular flexibility index (Phi) is 2.52. The Hall–Kier alpha value is -1.61. The summed E-state index contributed by atoms with van der Waals surface area (Å²) in [6, 6.07) is 7.65. The number of hydrogen-bond donors (Lipinski definition) is 2. The standard InChI is InChI=1S/C15H18N2O/c1-15(11-8-12(11)16)7-6-13(17-9-15)10-4-2-3-5-14(10)18/h2-6,9,11-12,18H,7-8,16H2,1H3/t11-,12-,15?/m0/s1. The van der Waals surface area contributed by atoms with Gasteiger partial charge in [0.15, 0.2) is 0 Å². The number of aliphatic imine (C=N–C) groups is 1. The second-order valence-electron chi connectivity index (χ2n) is 5.58. The molecule has 1 aromatic carbocycles. The first kappa shape index (κ1) is 11.5. The van der Waals surface area contributed by atoms with Crippen molar-refractivity contribution in [2.45, 2.75) is 25.8 Å². The maximum atomic E-state index is 9.82. The summed E-state index contributed by atoms with van der Waals surface area (Å²) in [7, 11) is 0. The fraction of sp³-hybridized carbons (Fsp3) is 0.400. The molecule has 0 aromatic heterocycles. The molecule has 3 N–H and O–H groups in total. The molecule has 0 bridgehead atoms. The predicted molar refractivity (Wildman–Crippen MR) is 73.4 cm³/mol. The van der Waals surface area contributed by atoms with Crippen LogP contribution in [0.1, 0.15) is 25.3 Å². The van der Waals surface area contributed by atoms with Gasteiger partial charge in [0.25, 0.3) is 0 Å². The van der Waals surface area contributed by atoms with Gasteiger partial charge in [0.05, 0.1) is 5.70 Å². The van der Waals surface area contributed by atoms with E-state index in [0.29, 0.717) is 12.0 Å². The summed E-state index contributed by atoms with van der Waals surface area (Å²) >= 11 is 0. The first-order chi connectivity index (χ1) is 8.60. The molecule has 1 unspecified atom stereocenters. The largest absolute Gasteiger partial charge is 0.507 e. The number of para-hydroxylation sites is 1. The lowest BCUT2D eigenvalue weighted by atomic mass is 9.80. The van der Waals surface area contributed by atoms with Crippen molar-refractivity contribution in [3.8, 4) is 5.75 Å². The van der Waals surface area contributed by atoms with E-state index in [9.17, 15) is 5.11 Å². The smallest absolute Gasteiger partial charge is 0.124 e. The second-order valence-corrected chi connectivity index (χ2v) is 5.58. The zero-order valence-corrected chi connectivity index (χ0v) is 10.5. The number of phenolic OH excluding ortho intramolecular Hbond substituents is 1. The van der Waals surface area contributed by atoms with Gasteiger partial charge in [-0.25, -0.2) is 0 Å². The molecule has 18 heavy (non-hydrogen) atoms. The number of phenols is 1. The Bertz CT molecular complexity index is 535. The summed E-state index contributed by atoms with van der Waals surface area (Å²) in [5.41, 5.74) is 7.68. The van der Waals surface area contributed by atoms with Crippen molar-refractivity contribution in [1.82, 2.24) is 0 Å². The Morgan fingerprint density at radius 3 is 2.67 bits per heavy atom. The van der Waals surface area contributed by atoms with Crippen LogP contribution in [0.15, 0.2) is 35.3 Å². The Balaban J connectivity index is 1.83. The number of hydrogen-bond acceptors (Lipinski definition) is 3. The van der Waals surface area contributed by atoms with Crippen LogP contribution >= 0.6 is 0 Å². The zero-order chi connectivity index (χ0) is 12.8. The molecular weight excluding hydrogens is 224 g/mol. The lowest BCUT2D eigenvalue weighted by Crippen LogP contribution is -2.26. The van der Waals surface area contributed by atoms with Gasteiger partial charge in [-0.3, -0.25) is 4.99 Å². The third kappa shape index (κ3) is 1.85. The van der Waals surface area contributed by atoms with Gasteiger partial charge in [0.1, 0.15) is 5.75 Å². The van der Waals surface area contributed by atoms with E-state index in [2.05, 4.69) is 18.0 Å². The van der Waals surface area contributed by atoms with Crippen LogP contribution in [-0.4, -0.2) is 17.4 Å². The number of nitrogens with two attached hydrogens (primary N) is 1. The van der Waals surface area contributed by atoms with Gasteiger partial charge < -0.3 is 10.8 Å². The molecule has 1 fully saturated rings. The molecule has 2 aliphatic rings. The van der Waals surface area contributed by atoms with Crippen LogP contribution in [0.5, 0.6) is 5.75 Å². The minimum atomic E-state index is 0.0906. The summed E-state index contributed by atoms with van der Waals surface area (Å²) in [6.45, 7) is 2.21. The average Bonchev–Trinajstić information content (AvgIpc) is 3.10. The molecule has 1 aliphatic carbocycles. The van der Waals surface area contributed by atoms with E-state index in [0.717, 1.165) is 24.1 Å². The fourth-order valence-corrected chi connectivity index (χ4v) is 2.73. The SMILES string of the molecule is CC1([C@H]2C[C@@H]2N)C=NC(c2ccccc2O)=CC1. The molecule has 0 spiro atoms. The molecule has 3 nitrogen and oxygen atoms in total. The summed E-state index contributed by atoms with van der Waals surface area (Å²) in [5, 5.41) is 9.82. The van der Waals surface area contributed by atoms with Gasteiger partial charge in [0, 0.05) is 23.2 Å². The minimum Gasteiger partial charge on any atom is -0.507 e. The van der Waals surface area contributed by atoms with Crippen molar-refractivity contribution in [2.75, 3.05) is 0 Å². The first-order valence-corrected chi connectivity index (χ1v) is 6.39. The molecule has 3 heteroatoms. The van der Waals surface area contributed by atoms with Crippen molar-refractivity contribution < 1.29 is 5.11 Å². The number of rotatable bonds is 2. The molecule has 3 atom stereocenters. The minimum absolute atomic E-state index is 0.0906. The molecule has 3 rings (SSSR count). The normalized spacial score (nSPS) is 34.2. The van der Waals surface area contributed by atoms with Crippen LogP contribution in [-0.2, 0) is 0 Å². The van der Waals surface area contributed by atoms with E-state index in [1.165, 1.54) is 0 Å². The van der Waals surface area contributed by atoms with Crippen LogP contribution in [0.3, 0.4) is 0 Å². The van der Waals surface area contributed by atoms with Gasteiger partial charge in [-0.2, -0.15) is 0 Å². The van der Waals surface area contributed by atoms with E-state index in [4.69, 9.17) is 5.73 Å². The third-order valence-electron chi connectivity index (χ3n) is 4.10. The quantitative estimate of drug-likeness (QED) is 0.837. The zero-order valence-electron chi connectivity index (χ0n) is 10.5. The summed E-state index contributed by atoms with van der Waals surface area (Å²) < 4.78 is 0. The molecule has 1 heterocycles. The molecule has 94 valence electrons. The fourth-order valence-electron chi connectivity index (χ4n) is 2.73. The van der Waals surface area contributed by atoms with E-state index >= 15 is 0 Å². The Morgan fingerprint density at radius 1 is 1.39 bits per heavy atom. The van der Waals surface area contributed by atoms with E-state index in [-0.39, 0.29) is 11.2 Å². The van der Waals surface area contributed by atoms with Crippen LogP contribution in [0, 0.1) is 11.3 Å². The highest BCUT2D eigenvalue weighted by molar-refractivity contribution is 5.82. The number of benzene rings is 1. The van der Waals surface area contributed by atoms with E-state index in [1.54, 1.807) is 6.07 Å². The number of aromatic hydroxyl groups is 1. The molecule has 0 saturated heterocycles. The molecule has 1 aliphatic heterocycles. The van der Waals surface area contributed by atoms with Crippen LogP contribution in [0.2, 0.25) is 0 Å². The lowest BCUT2D eigenvalue weighted by Gasteiger charge is -2.27. The molecule has 0 radical (unpaired) electrons. The first-order valence-electron chi connectivity index (χ1n) is 6.39. The maximum absolute atomic E-state index is 9.82. The van der Waals surface area contributed by atoms with Crippen molar-refractivity contribution in [3.63, 3.8) is 0 Å². The van der Waals surface area contributed by atoms with E-state index in [1.807, 2.05) is 24.4 Å². The highest BCUT2D eigenvalue weighted by atomic mass is 16.3. The average molecular weight is 242 g/mol. The van der Waals surface area contributed by atoms with E-state index < -0.39 is 0 Å². The van der Waals surface area contributed by atoms with Crippen LogP contribution in [0.4, 0.5) is 0 Å². The van der Waals surface area contributed by atoms with Gasteiger partial charge >= 0.3 is 0 Å². The van der Waals surface area contributed by atoms with Crippen molar-refractivity contribution in [1.29, 1.82) is 0 Å². The monoisotopic (exact) mass is 242 g/mol. The number of nitrogens with zero attached hydrogens (tertiary/aromatic N) is 1. The third-order valence-corrected chi connectivity index (χ3v) is 4.10. The van der Waals surface area contributed by atoms with Crippen molar-refractivity contribution >= 4 is 11.9 Å². The van der Waals surface area contributed by atoms with Crippen LogP contribution < -0.4 is 5.73 Å². The van der Waals surface area contributed by atoms with Crippen molar-refractivity contribution in [3.05, 3.63) is 35.9 Å².